The van der Waals surface area contributed by atoms with Gasteiger partial charge in [0, 0.05) is 28.4 Å². The van der Waals surface area contributed by atoms with Crippen LogP contribution in [0.4, 0.5) is 11.4 Å². The van der Waals surface area contributed by atoms with Gasteiger partial charge in [-0.3, -0.25) is 0 Å². The van der Waals surface area contributed by atoms with Gasteiger partial charge < -0.3 is 4.90 Å². The molecule has 1 aliphatic rings. The third-order valence-electron chi connectivity index (χ3n) is 6.61. The van der Waals surface area contributed by atoms with Gasteiger partial charge in [-0.15, -0.1) is 0 Å². The quantitative estimate of drug-likeness (QED) is 0.332. The monoisotopic (exact) mass is 403 g/mol. The summed E-state index contributed by atoms with van der Waals surface area (Å²) in [5.41, 5.74) is 10.6. The zero-order chi connectivity index (χ0) is 21.6. The summed E-state index contributed by atoms with van der Waals surface area (Å²) < 4.78 is 0. The fourth-order valence-electron chi connectivity index (χ4n) is 5.10. The molecule has 0 saturated heterocycles. The van der Waals surface area contributed by atoms with E-state index in [1.54, 1.807) is 0 Å². The molecule has 0 radical (unpaired) electrons. The van der Waals surface area contributed by atoms with E-state index in [1.165, 1.54) is 44.8 Å². The summed E-state index contributed by atoms with van der Waals surface area (Å²) in [5.74, 6) is 0. The Hall–Kier alpha value is -3.32. The second-order valence-electron chi connectivity index (χ2n) is 9.25. The number of para-hydroxylation sites is 1. The van der Waals surface area contributed by atoms with Gasteiger partial charge in [0.15, 0.2) is 0 Å². The molecule has 0 heterocycles. The van der Waals surface area contributed by atoms with E-state index in [0.717, 1.165) is 0 Å². The lowest BCUT2D eigenvalue weighted by Crippen LogP contribution is -2.26. The summed E-state index contributed by atoms with van der Waals surface area (Å²) in [6.45, 7) is 9.24. The van der Waals surface area contributed by atoms with Gasteiger partial charge in [-0.2, -0.15) is 0 Å². The van der Waals surface area contributed by atoms with Crippen LogP contribution < -0.4 is 4.90 Å². The smallest absolute Gasteiger partial charge is 0.0492 e. The number of nitrogens with zero attached hydrogens (tertiary/aromatic N) is 1. The van der Waals surface area contributed by atoms with Crippen molar-refractivity contribution >= 4 is 11.4 Å². The van der Waals surface area contributed by atoms with Gasteiger partial charge in [-0.05, 0) is 59.9 Å². The SMILES string of the molecule is CC(C)N(c1ccc2c(c1)C(C)(C)c1ccccc1-2)c1ccccc1-c1ccccc1. The molecule has 4 aromatic rings. The molecular weight excluding hydrogens is 374 g/mol. The van der Waals surface area contributed by atoms with Crippen LogP contribution in [0.5, 0.6) is 0 Å². The Morgan fingerprint density at radius 3 is 1.97 bits per heavy atom. The third-order valence-corrected chi connectivity index (χ3v) is 6.61. The predicted octanol–water partition coefficient (Wildman–Crippen LogP) is 8.21. The van der Waals surface area contributed by atoms with Crippen molar-refractivity contribution in [3.63, 3.8) is 0 Å². The molecule has 0 aliphatic heterocycles. The van der Waals surface area contributed by atoms with Gasteiger partial charge in [0.05, 0.1) is 0 Å². The Morgan fingerprint density at radius 1 is 0.613 bits per heavy atom. The third kappa shape index (κ3) is 3.16. The van der Waals surface area contributed by atoms with Crippen LogP contribution >= 0.6 is 0 Å². The zero-order valence-corrected chi connectivity index (χ0v) is 18.8. The van der Waals surface area contributed by atoms with Crippen molar-refractivity contribution in [3.05, 3.63) is 108 Å². The Balaban J connectivity index is 1.67. The lowest BCUT2D eigenvalue weighted by atomic mass is 9.82. The van der Waals surface area contributed by atoms with E-state index in [4.69, 9.17) is 0 Å². The minimum atomic E-state index is 0.00351. The molecule has 0 amide bonds. The first-order valence-corrected chi connectivity index (χ1v) is 11.2. The van der Waals surface area contributed by atoms with Gasteiger partial charge in [-0.25, -0.2) is 0 Å². The highest BCUT2D eigenvalue weighted by molar-refractivity contribution is 5.86. The molecule has 0 unspecified atom stereocenters. The molecule has 0 spiro atoms. The predicted molar refractivity (Wildman–Crippen MR) is 133 cm³/mol. The highest BCUT2D eigenvalue weighted by Crippen LogP contribution is 2.50. The molecule has 0 bridgehead atoms. The van der Waals surface area contributed by atoms with Crippen LogP contribution in [0.1, 0.15) is 38.8 Å². The van der Waals surface area contributed by atoms with Gasteiger partial charge in [0.25, 0.3) is 0 Å². The summed E-state index contributed by atoms with van der Waals surface area (Å²) in [4.78, 5) is 2.47. The number of benzene rings is 4. The lowest BCUT2D eigenvalue weighted by molar-refractivity contribution is 0.659. The molecule has 1 heteroatoms. The highest BCUT2D eigenvalue weighted by Gasteiger charge is 2.35. The Bertz CT molecular complexity index is 1230. The van der Waals surface area contributed by atoms with Gasteiger partial charge in [-0.1, -0.05) is 92.7 Å². The number of rotatable bonds is 4. The van der Waals surface area contributed by atoms with E-state index in [0.29, 0.717) is 6.04 Å². The molecule has 31 heavy (non-hydrogen) atoms. The number of hydrogen-bond acceptors (Lipinski definition) is 1. The molecule has 0 aromatic heterocycles. The average Bonchev–Trinajstić information content (AvgIpc) is 3.02. The first-order valence-electron chi connectivity index (χ1n) is 11.2. The maximum absolute atomic E-state index is 2.47. The van der Waals surface area contributed by atoms with Crippen molar-refractivity contribution in [2.45, 2.75) is 39.2 Å². The first-order chi connectivity index (χ1) is 15.0. The summed E-state index contributed by atoms with van der Waals surface area (Å²) >= 11 is 0. The Kier molecular flexibility index (Phi) is 4.70. The van der Waals surface area contributed by atoms with E-state index in [1.807, 2.05) is 0 Å². The second kappa shape index (κ2) is 7.42. The normalized spacial score (nSPS) is 13.7. The molecule has 1 aliphatic carbocycles. The van der Waals surface area contributed by atoms with Crippen molar-refractivity contribution in [2.24, 2.45) is 0 Å². The Morgan fingerprint density at radius 2 is 1.23 bits per heavy atom. The minimum Gasteiger partial charge on any atom is -0.338 e. The summed E-state index contributed by atoms with van der Waals surface area (Å²) in [7, 11) is 0. The van der Waals surface area contributed by atoms with E-state index >= 15 is 0 Å². The number of hydrogen-bond donors (Lipinski definition) is 0. The standard InChI is InChI=1S/C30H29N/c1-21(2)31(29-17-11-9-14-24(29)22-12-6-5-7-13-22)23-18-19-26-25-15-8-10-16-27(25)30(3,4)28(26)20-23/h5-21H,1-4H3. The van der Waals surface area contributed by atoms with E-state index in [2.05, 4.69) is 130 Å². The molecule has 0 N–H and O–H groups in total. The molecule has 0 atom stereocenters. The van der Waals surface area contributed by atoms with Gasteiger partial charge >= 0.3 is 0 Å². The van der Waals surface area contributed by atoms with E-state index in [-0.39, 0.29) is 5.41 Å². The highest BCUT2D eigenvalue weighted by atomic mass is 15.2. The summed E-state index contributed by atoms with van der Waals surface area (Å²) in [6.07, 6.45) is 0. The van der Waals surface area contributed by atoms with Crippen LogP contribution in [0.3, 0.4) is 0 Å². The first kappa shape index (κ1) is 19.6. The molecule has 1 nitrogen and oxygen atoms in total. The fraction of sp³-hybridized carbons (Fsp3) is 0.200. The van der Waals surface area contributed by atoms with Crippen molar-refractivity contribution < 1.29 is 0 Å². The zero-order valence-electron chi connectivity index (χ0n) is 18.8. The van der Waals surface area contributed by atoms with Crippen molar-refractivity contribution in [1.82, 2.24) is 0 Å². The van der Waals surface area contributed by atoms with Crippen LogP contribution in [0.15, 0.2) is 97.1 Å². The molecule has 5 rings (SSSR count). The van der Waals surface area contributed by atoms with Crippen molar-refractivity contribution in [1.29, 1.82) is 0 Å². The fourth-order valence-corrected chi connectivity index (χ4v) is 5.10. The second-order valence-corrected chi connectivity index (χ2v) is 9.25. The van der Waals surface area contributed by atoms with Crippen LogP contribution in [-0.4, -0.2) is 6.04 Å². The van der Waals surface area contributed by atoms with Crippen LogP contribution in [0.25, 0.3) is 22.3 Å². The van der Waals surface area contributed by atoms with Crippen molar-refractivity contribution in [2.75, 3.05) is 4.90 Å². The lowest BCUT2D eigenvalue weighted by Gasteiger charge is -2.32. The number of anilines is 2. The topological polar surface area (TPSA) is 3.24 Å². The summed E-state index contributed by atoms with van der Waals surface area (Å²) in [5, 5.41) is 0. The maximum Gasteiger partial charge on any atom is 0.0492 e. The molecule has 0 fully saturated rings. The minimum absolute atomic E-state index is 0.00351. The number of fused-ring (bicyclic) bond motifs is 3. The summed E-state index contributed by atoms with van der Waals surface area (Å²) in [6, 6.07) is 35.6. The molecule has 0 saturated carbocycles. The van der Waals surface area contributed by atoms with E-state index < -0.39 is 0 Å². The average molecular weight is 404 g/mol. The van der Waals surface area contributed by atoms with Gasteiger partial charge in [0.2, 0.25) is 0 Å². The molecule has 4 aromatic carbocycles. The Labute approximate surface area is 186 Å². The molecule has 154 valence electrons. The molecular formula is C30H29N. The van der Waals surface area contributed by atoms with Gasteiger partial charge in [0.1, 0.15) is 0 Å². The van der Waals surface area contributed by atoms with E-state index in [9.17, 15) is 0 Å². The van der Waals surface area contributed by atoms with Crippen molar-refractivity contribution in [3.8, 4) is 22.3 Å². The van der Waals surface area contributed by atoms with Crippen LogP contribution in [0, 0.1) is 0 Å². The van der Waals surface area contributed by atoms with Crippen LogP contribution in [0.2, 0.25) is 0 Å². The largest absolute Gasteiger partial charge is 0.338 e. The maximum atomic E-state index is 2.47. The van der Waals surface area contributed by atoms with Crippen LogP contribution in [-0.2, 0) is 5.41 Å².